The molecule has 0 radical (unpaired) electrons. The van der Waals surface area contributed by atoms with Crippen LogP contribution in [0.15, 0.2) is 53.5 Å². The van der Waals surface area contributed by atoms with Gasteiger partial charge < -0.3 is 5.32 Å². The van der Waals surface area contributed by atoms with E-state index >= 15 is 0 Å². The van der Waals surface area contributed by atoms with Crippen LogP contribution in [0, 0.1) is 13.8 Å². The maximum Gasteiger partial charge on any atom is 0.226 e. The summed E-state index contributed by atoms with van der Waals surface area (Å²) in [7, 11) is 0. The molecule has 0 aliphatic heterocycles. The van der Waals surface area contributed by atoms with Gasteiger partial charge in [-0.1, -0.05) is 29.8 Å². The number of carbonyl (C=O) groups excluding carboxylic acids is 1. The summed E-state index contributed by atoms with van der Waals surface area (Å²) in [4.78, 5) is 24.0. The van der Waals surface area contributed by atoms with Crippen LogP contribution in [0.25, 0.3) is 10.9 Å². The summed E-state index contributed by atoms with van der Waals surface area (Å²) in [6.45, 7) is 4.41. The van der Waals surface area contributed by atoms with Crippen LogP contribution in [0.1, 0.15) is 17.5 Å². The highest BCUT2D eigenvalue weighted by Crippen LogP contribution is 2.16. The fourth-order valence-electron chi connectivity index (χ4n) is 2.71. The summed E-state index contributed by atoms with van der Waals surface area (Å²) in [5.74, 6) is -0.0773. The van der Waals surface area contributed by atoms with Gasteiger partial charge in [-0.25, -0.2) is 0 Å². The van der Waals surface area contributed by atoms with E-state index in [9.17, 15) is 9.59 Å². The van der Waals surface area contributed by atoms with Crippen molar-refractivity contribution in [1.29, 1.82) is 0 Å². The number of benzene rings is 2. The Kier molecular flexibility index (Phi) is 4.42. The topological polar surface area (TPSA) is 64.0 Å². The Morgan fingerprint density at radius 3 is 2.75 bits per heavy atom. The quantitative estimate of drug-likeness (QED) is 0.803. The van der Waals surface area contributed by atoms with Crippen molar-refractivity contribution in [3.8, 4) is 0 Å². The highest BCUT2D eigenvalue weighted by molar-refractivity contribution is 5.91. The predicted octanol–water partition coefficient (Wildman–Crippen LogP) is 3.04. The number of aryl methyl sites for hydroxylation is 3. The molecule has 1 N–H and O–H groups in total. The molecule has 3 rings (SSSR count). The van der Waals surface area contributed by atoms with Crippen LogP contribution in [0.3, 0.4) is 0 Å². The van der Waals surface area contributed by atoms with E-state index in [-0.39, 0.29) is 17.8 Å². The van der Waals surface area contributed by atoms with E-state index in [2.05, 4.69) is 10.4 Å². The molecule has 24 heavy (non-hydrogen) atoms. The number of hydrogen-bond acceptors (Lipinski definition) is 3. The molecule has 5 heteroatoms. The number of hydrogen-bond donors (Lipinski definition) is 1. The molecule has 0 bridgehead atoms. The van der Waals surface area contributed by atoms with E-state index in [1.54, 1.807) is 10.7 Å². The second-order valence-electron chi connectivity index (χ2n) is 5.87. The third-order valence-electron chi connectivity index (χ3n) is 3.97. The summed E-state index contributed by atoms with van der Waals surface area (Å²) in [6, 6.07) is 13.2. The SMILES string of the molecule is Cc1ccc(NC(=O)CCn2ncc(=O)c3ccccc32)c(C)c1. The van der Waals surface area contributed by atoms with Gasteiger partial charge >= 0.3 is 0 Å². The monoisotopic (exact) mass is 321 g/mol. The standard InChI is InChI=1S/C19H19N3O2/c1-13-7-8-16(14(2)11-13)21-19(24)9-10-22-17-6-4-3-5-15(17)18(23)12-20-22/h3-8,11-12H,9-10H2,1-2H3,(H,21,24). The lowest BCUT2D eigenvalue weighted by atomic mass is 10.1. The molecule has 0 unspecified atom stereocenters. The molecule has 2 aromatic carbocycles. The van der Waals surface area contributed by atoms with Crippen molar-refractivity contribution in [3.05, 3.63) is 70.0 Å². The Morgan fingerprint density at radius 2 is 1.96 bits per heavy atom. The molecule has 0 spiro atoms. The Hall–Kier alpha value is -2.95. The van der Waals surface area contributed by atoms with Crippen molar-refractivity contribution in [2.75, 3.05) is 5.32 Å². The fourth-order valence-corrected chi connectivity index (χ4v) is 2.71. The second kappa shape index (κ2) is 6.66. The molecule has 0 aliphatic carbocycles. The highest BCUT2D eigenvalue weighted by Gasteiger charge is 2.08. The zero-order valence-electron chi connectivity index (χ0n) is 13.7. The van der Waals surface area contributed by atoms with Gasteiger partial charge in [0.05, 0.1) is 18.3 Å². The van der Waals surface area contributed by atoms with Crippen LogP contribution in [0.2, 0.25) is 0 Å². The lowest BCUT2D eigenvalue weighted by molar-refractivity contribution is -0.116. The molecule has 5 nitrogen and oxygen atoms in total. The van der Waals surface area contributed by atoms with Crippen molar-refractivity contribution in [1.82, 2.24) is 9.78 Å². The maximum absolute atomic E-state index is 12.2. The summed E-state index contributed by atoms with van der Waals surface area (Å²) >= 11 is 0. The normalized spacial score (nSPS) is 10.8. The van der Waals surface area contributed by atoms with Crippen molar-refractivity contribution < 1.29 is 4.79 Å². The van der Waals surface area contributed by atoms with Crippen molar-refractivity contribution in [2.45, 2.75) is 26.8 Å². The lowest BCUT2D eigenvalue weighted by Gasteiger charge is -2.11. The van der Waals surface area contributed by atoms with Gasteiger partial charge in [-0.3, -0.25) is 14.3 Å². The minimum atomic E-state index is -0.110. The number of rotatable bonds is 4. The second-order valence-corrected chi connectivity index (χ2v) is 5.87. The number of para-hydroxylation sites is 1. The highest BCUT2D eigenvalue weighted by atomic mass is 16.1. The molecule has 3 aromatic rings. The molecule has 1 amide bonds. The minimum absolute atomic E-state index is 0.0773. The van der Waals surface area contributed by atoms with Crippen LogP contribution < -0.4 is 10.7 Å². The summed E-state index contributed by atoms with van der Waals surface area (Å²) < 4.78 is 1.69. The minimum Gasteiger partial charge on any atom is -0.326 e. The van der Waals surface area contributed by atoms with Crippen LogP contribution >= 0.6 is 0 Å². The van der Waals surface area contributed by atoms with E-state index in [1.807, 2.05) is 50.2 Å². The van der Waals surface area contributed by atoms with Crippen molar-refractivity contribution >= 4 is 22.5 Å². The van der Waals surface area contributed by atoms with Crippen LogP contribution in [-0.2, 0) is 11.3 Å². The number of anilines is 1. The van der Waals surface area contributed by atoms with Crippen LogP contribution in [-0.4, -0.2) is 15.7 Å². The molecule has 0 saturated carbocycles. The smallest absolute Gasteiger partial charge is 0.226 e. The molecule has 122 valence electrons. The molecular formula is C19H19N3O2. The Labute approximate surface area is 139 Å². The summed E-state index contributed by atoms with van der Waals surface area (Å²) in [6.07, 6.45) is 1.58. The third kappa shape index (κ3) is 3.35. The van der Waals surface area contributed by atoms with Gasteiger partial charge in [-0.2, -0.15) is 5.10 Å². The molecule has 1 heterocycles. The largest absolute Gasteiger partial charge is 0.326 e. The first-order chi connectivity index (χ1) is 11.5. The number of nitrogens with one attached hydrogen (secondary N) is 1. The molecular weight excluding hydrogens is 302 g/mol. The average molecular weight is 321 g/mol. The molecule has 0 atom stereocenters. The molecule has 0 saturated heterocycles. The van der Waals surface area contributed by atoms with Gasteiger partial charge in [0, 0.05) is 17.5 Å². The van der Waals surface area contributed by atoms with Crippen molar-refractivity contribution in [3.63, 3.8) is 0 Å². The van der Waals surface area contributed by atoms with Gasteiger partial charge in [0.2, 0.25) is 11.3 Å². The Bertz CT molecular complexity index is 960. The van der Waals surface area contributed by atoms with Crippen LogP contribution in [0.5, 0.6) is 0 Å². The molecule has 0 fully saturated rings. The van der Waals surface area contributed by atoms with Gasteiger partial charge in [0.15, 0.2) is 0 Å². The molecule has 0 aliphatic rings. The van der Waals surface area contributed by atoms with E-state index in [1.165, 1.54) is 6.20 Å². The number of carbonyl (C=O) groups is 1. The van der Waals surface area contributed by atoms with Gasteiger partial charge in [0.25, 0.3) is 0 Å². The lowest BCUT2D eigenvalue weighted by Crippen LogP contribution is -2.18. The zero-order valence-corrected chi connectivity index (χ0v) is 13.7. The average Bonchev–Trinajstić information content (AvgIpc) is 2.57. The van der Waals surface area contributed by atoms with Crippen LogP contribution in [0.4, 0.5) is 5.69 Å². The number of nitrogens with zero attached hydrogens (tertiary/aromatic N) is 2. The first-order valence-corrected chi connectivity index (χ1v) is 7.86. The number of amides is 1. The summed E-state index contributed by atoms with van der Waals surface area (Å²) in [5.41, 5.74) is 3.65. The maximum atomic E-state index is 12.2. The van der Waals surface area contributed by atoms with Gasteiger partial charge in [-0.15, -0.1) is 0 Å². The zero-order chi connectivity index (χ0) is 17.1. The summed E-state index contributed by atoms with van der Waals surface area (Å²) in [5, 5.41) is 7.68. The third-order valence-corrected chi connectivity index (χ3v) is 3.97. The van der Waals surface area contributed by atoms with Crippen molar-refractivity contribution in [2.24, 2.45) is 0 Å². The van der Waals surface area contributed by atoms with E-state index in [0.717, 1.165) is 22.3 Å². The van der Waals surface area contributed by atoms with E-state index in [0.29, 0.717) is 11.9 Å². The first kappa shape index (κ1) is 15.9. The van der Waals surface area contributed by atoms with Gasteiger partial charge in [0.1, 0.15) is 0 Å². The van der Waals surface area contributed by atoms with Gasteiger partial charge in [-0.05, 0) is 37.6 Å². The molecule has 1 aromatic heterocycles. The fraction of sp³-hybridized carbons (Fsp3) is 0.211. The Morgan fingerprint density at radius 1 is 1.17 bits per heavy atom. The van der Waals surface area contributed by atoms with E-state index in [4.69, 9.17) is 0 Å². The van der Waals surface area contributed by atoms with E-state index < -0.39 is 0 Å². The predicted molar refractivity (Wildman–Crippen MR) is 95.2 cm³/mol. The Balaban J connectivity index is 1.73. The first-order valence-electron chi connectivity index (χ1n) is 7.86. The number of fused-ring (bicyclic) bond motifs is 1. The number of aromatic nitrogens is 2.